The van der Waals surface area contributed by atoms with Crippen LogP contribution in [-0.2, 0) is 36.3 Å². The lowest BCUT2D eigenvalue weighted by atomic mass is 10.1. The molecule has 0 atom stereocenters. The molecular formula is C15H20O5S. The first-order chi connectivity index (χ1) is 10.0. The van der Waals surface area contributed by atoms with Crippen LogP contribution in [-0.4, -0.2) is 40.0 Å². The van der Waals surface area contributed by atoms with Crippen molar-refractivity contribution in [2.24, 2.45) is 0 Å². The monoisotopic (exact) mass is 312 g/mol. The molecule has 1 aliphatic rings. The molecule has 1 aromatic carbocycles. The molecule has 21 heavy (non-hydrogen) atoms. The lowest BCUT2D eigenvalue weighted by Crippen LogP contribution is -2.30. The quantitative estimate of drug-likeness (QED) is 0.771. The van der Waals surface area contributed by atoms with Crippen LogP contribution in [0.3, 0.4) is 0 Å². The molecule has 0 N–H and O–H groups in total. The zero-order valence-corrected chi connectivity index (χ0v) is 12.9. The molecule has 0 aliphatic carbocycles. The second-order valence-electron chi connectivity index (χ2n) is 5.14. The summed E-state index contributed by atoms with van der Waals surface area (Å²) < 4.78 is 34.8. The van der Waals surface area contributed by atoms with Crippen LogP contribution in [0.1, 0.15) is 24.0 Å². The van der Waals surface area contributed by atoms with Gasteiger partial charge in [-0.25, -0.2) is 8.42 Å². The van der Waals surface area contributed by atoms with Crippen molar-refractivity contribution in [3.63, 3.8) is 0 Å². The Balaban J connectivity index is 2.16. The van der Waals surface area contributed by atoms with Gasteiger partial charge in [-0.3, -0.25) is 4.79 Å². The predicted octanol–water partition coefficient (Wildman–Crippen LogP) is 1.50. The number of carbonyl (C=O) groups is 1. The summed E-state index contributed by atoms with van der Waals surface area (Å²) in [5.74, 6) is -0.406. The Bertz CT molecular complexity index is 588. The van der Waals surface area contributed by atoms with Gasteiger partial charge >= 0.3 is 5.97 Å². The van der Waals surface area contributed by atoms with Crippen molar-refractivity contribution in [1.82, 2.24) is 0 Å². The average molecular weight is 312 g/mol. The van der Waals surface area contributed by atoms with Crippen LogP contribution in [0.5, 0.6) is 0 Å². The number of methoxy groups -OCH3 is 1. The first kappa shape index (κ1) is 16.0. The smallest absolute Gasteiger partial charge is 0.309 e. The van der Waals surface area contributed by atoms with Gasteiger partial charge in [0.15, 0.2) is 9.84 Å². The summed E-state index contributed by atoms with van der Waals surface area (Å²) in [5.41, 5.74) is 1.38. The predicted molar refractivity (Wildman–Crippen MR) is 78.6 cm³/mol. The largest absolute Gasteiger partial charge is 0.469 e. The summed E-state index contributed by atoms with van der Waals surface area (Å²) >= 11 is 0. The number of hydrogen-bond donors (Lipinski definition) is 0. The normalized spacial score (nSPS) is 16.6. The number of hydrogen-bond acceptors (Lipinski definition) is 5. The number of rotatable bonds is 5. The maximum absolute atomic E-state index is 12.5. The molecular weight excluding hydrogens is 292 g/mol. The zero-order chi connectivity index (χ0) is 15.3. The van der Waals surface area contributed by atoms with Crippen LogP contribution in [0, 0.1) is 0 Å². The molecule has 0 unspecified atom stereocenters. The van der Waals surface area contributed by atoms with Gasteiger partial charge in [0, 0.05) is 13.2 Å². The molecule has 0 amide bonds. The van der Waals surface area contributed by atoms with Crippen molar-refractivity contribution >= 4 is 15.8 Å². The van der Waals surface area contributed by atoms with Crippen LogP contribution < -0.4 is 0 Å². The molecule has 116 valence electrons. The topological polar surface area (TPSA) is 69.7 Å². The Morgan fingerprint density at radius 2 is 1.86 bits per heavy atom. The first-order valence-electron chi connectivity index (χ1n) is 6.96. The number of esters is 1. The highest BCUT2D eigenvalue weighted by Crippen LogP contribution is 2.22. The maximum atomic E-state index is 12.5. The molecule has 0 radical (unpaired) electrons. The van der Waals surface area contributed by atoms with E-state index >= 15 is 0 Å². The molecule has 2 rings (SSSR count). The van der Waals surface area contributed by atoms with Gasteiger partial charge in [0.25, 0.3) is 0 Å². The minimum absolute atomic E-state index is 0.0369. The van der Waals surface area contributed by atoms with E-state index in [9.17, 15) is 13.2 Å². The van der Waals surface area contributed by atoms with Crippen molar-refractivity contribution in [3.05, 3.63) is 35.4 Å². The van der Waals surface area contributed by atoms with Gasteiger partial charge < -0.3 is 9.47 Å². The fraction of sp³-hybridized carbons (Fsp3) is 0.533. The van der Waals surface area contributed by atoms with Gasteiger partial charge in [0.2, 0.25) is 0 Å². The Labute approximate surface area is 125 Å². The number of benzene rings is 1. The van der Waals surface area contributed by atoms with E-state index in [0.717, 1.165) is 0 Å². The van der Waals surface area contributed by atoms with E-state index in [1.54, 1.807) is 24.3 Å². The lowest BCUT2D eigenvalue weighted by molar-refractivity contribution is -0.139. The molecule has 0 bridgehead atoms. The highest BCUT2D eigenvalue weighted by molar-refractivity contribution is 7.91. The van der Waals surface area contributed by atoms with Gasteiger partial charge in [-0.15, -0.1) is 0 Å². The molecule has 1 aromatic rings. The number of carbonyl (C=O) groups excluding carboxylic acids is 1. The van der Waals surface area contributed by atoms with Crippen molar-refractivity contribution in [2.75, 3.05) is 20.3 Å². The molecule has 1 fully saturated rings. The van der Waals surface area contributed by atoms with Gasteiger partial charge in [0.05, 0.1) is 24.5 Å². The molecule has 1 heterocycles. The van der Waals surface area contributed by atoms with Gasteiger partial charge in [0.1, 0.15) is 0 Å². The van der Waals surface area contributed by atoms with E-state index in [1.807, 2.05) is 0 Å². The zero-order valence-electron chi connectivity index (χ0n) is 12.1. The van der Waals surface area contributed by atoms with Crippen molar-refractivity contribution in [1.29, 1.82) is 0 Å². The third kappa shape index (κ3) is 4.28. The van der Waals surface area contributed by atoms with E-state index in [-0.39, 0.29) is 23.4 Å². The molecule has 1 saturated heterocycles. The summed E-state index contributed by atoms with van der Waals surface area (Å²) in [6.07, 6.45) is 1.18. The van der Waals surface area contributed by atoms with Gasteiger partial charge in [-0.2, -0.15) is 0 Å². The summed E-state index contributed by atoms with van der Waals surface area (Å²) in [6, 6.07) is 7.11. The van der Waals surface area contributed by atoms with Crippen LogP contribution in [0.4, 0.5) is 0 Å². The Hall–Kier alpha value is -1.40. The second-order valence-corrected chi connectivity index (χ2v) is 7.42. The van der Waals surface area contributed by atoms with E-state index < -0.39 is 9.84 Å². The summed E-state index contributed by atoms with van der Waals surface area (Å²) in [5, 5.41) is -0.350. The van der Waals surface area contributed by atoms with Crippen LogP contribution in [0.15, 0.2) is 24.3 Å². The molecule has 6 heteroatoms. The molecule has 0 saturated carbocycles. The highest BCUT2D eigenvalue weighted by atomic mass is 32.2. The molecule has 0 spiro atoms. The molecule has 1 aliphatic heterocycles. The Kier molecular flexibility index (Phi) is 5.36. The minimum Gasteiger partial charge on any atom is -0.469 e. The number of ether oxygens (including phenoxy) is 2. The number of sulfone groups is 1. The van der Waals surface area contributed by atoms with Crippen molar-refractivity contribution in [3.8, 4) is 0 Å². The third-order valence-corrected chi connectivity index (χ3v) is 5.91. The Morgan fingerprint density at radius 1 is 1.24 bits per heavy atom. The minimum atomic E-state index is -3.23. The van der Waals surface area contributed by atoms with Crippen LogP contribution in [0.2, 0.25) is 0 Å². The fourth-order valence-electron chi connectivity index (χ4n) is 2.47. The summed E-state index contributed by atoms with van der Waals surface area (Å²) in [7, 11) is -1.91. The standard InChI is InChI=1S/C15H20O5S/c1-19-15(16)10-12-4-2-3-5-13(12)11-21(17,18)14-6-8-20-9-7-14/h2-5,14H,6-11H2,1H3. The maximum Gasteiger partial charge on any atom is 0.309 e. The average Bonchev–Trinajstić information content (AvgIpc) is 2.50. The van der Waals surface area contributed by atoms with Gasteiger partial charge in [-0.05, 0) is 24.0 Å². The van der Waals surface area contributed by atoms with Crippen molar-refractivity contribution < 1.29 is 22.7 Å². The lowest BCUT2D eigenvalue weighted by Gasteiger charge is -2.22. The van der Waals surface area contributed by atoms with E-state index in [2.05, 4.69) is 4.74 Å². The third-order valence-electron chi connectivity index (χ3n) is 3.71. The fourth-order valence-corrected chi connectivity index (χ4v) is 4.33. The summed E-state index contributed by atoms with van der Waals surface area (Å²) in [6.45, 7) is 0.988. The van der Waals surface area contributed by atoms with E-state index in [0.29, 0.717) is 37.2 Å². The van der Waals surface area contributed by atoms with Gasteiger partial charge in [-0.1, -0.05) is 24.3 Å². The van der Waals surface area contributed by atoms with Crippen molar-refractivity contribution in [2.45, 2.75) is 30.3 Å². The van der Waals surface area contributed by atoms with E-state index in [1.165, 1.54) is 7.11 Å². The van der Waals surface area contributed by atoms with E-state index in [4.69, 9.17) is 4.74 Å². The molecule has 5 nitrogen and oxygen atoms in total. The highest BCUT2D eigenvalue weighted by Gasteiger charge is 2.28. The first-order valence-corrected chi connectivity index (χ1v) is 8.67. The SMILES string of the molecule is COC(=O)Cc1ccccc1CS(=O)(=O)C1CCOCC1. The molecule has 0 aromatic heterocycles. The van der Waals surface area contributed by atoms with Crippen LogP contribution in [0.25, 0.3) is 0 Å². The summed E-state index contributed by atoms with van der Waals surface area (Å²) in [4.78, 5) is 11.4. The van der Waals surface area contributed by atoms with Crippen LogP contribution >= 0.6 is 0 Å². The Morgan fingerprint density at radius 3 is 2.48 bits per heavy atom. The second kappa shape index (κ2) is 7.04.